The first-order chi connectivity index (χ1) is 14.9. The average Bonchev–Trinajstić information content (AvgIpc) is 2.72. The Labute approximate surface area is 191 Å². The first kappa shape index (κ1) is 30.4. The lowest BCUT2D eigenvalue weighted by Crippen LogP contribution is -2.39. The van der Waals surface area contributed by atoms with Crippen LogP contribution in [0, 0.1) is 0 Å². The minimum atomic E-state index is -4.28. The highest BCUT2D eigenvalue weighted by Gasteiger charge is 2.44. The molecule has 0 radical (unpaired) electrons. The van der Waals surface area contributed by atoms with Crippen molar-refractivity contribution < 1.29 is 24.3 Å². The maximum absolute atomic E-state index is 12.3. The lowest BCUT2D eigenvalue weighted by atomic mass is 10.0. The van der Waals surface area contributed by atoms with Crippen LogP contribution < -0.4 is 0 Å². The number of hydrogen-bond acceptors (Lipinski definition) is 5. The Morgan fingerprint density at radius 1 is 0.742 bits per heavy atom. The second-order valence-electron chi connectivity index (χ2n) is 8.86. The molecule has 0 bridgehead atoms. The summed E-state index contributed by atoms with van der Waals surface area (Å²) in [4.78, 5) is 53.1. The van der Waals surface area contributed by atoms with E-state index in [-0.39, 0.29) is 12.5 Å². The molecular formula is C24H49NO5P+. The van der Waals surface area contributed by atoms with E-state index in [9.17, 15) is 24.3 Å². The molecule has 31 heavy (non-hydrogen) atoms. The number of hydrogen-bond donors (Lipinski definition) is 3. The molecule has 184 valence electrons. The Balaban J connectivity index is 3.83. The molecule has 1 atom stereocenters. The summed E-state index contributed by atoms with van der Waals surface area (Å²) in [6.07, 6.45) is 20.4. The van der Waals surface area contributed by atoms with E-state index in [1.165, 1.54) is 81.9 Å². The SMILES string of the molecule is CCCCCCCCCCCCCCCCCN(CC(C=O)[P+](O)(O)O)C(=O)CCC. The minimum absolute atomic E-state index is 0.104. The van der Waals surface area contributed by atoms with Crippen LogP contribution in [-0.2, 0) is 9.59 Å². The molecule has 0 saturated carbocycles. The smallest absolute Gasteiger partial charge is 0.338 e. The van der Waals surface area contributed by atoms with Crippen molar-refractivity contribution in [3.8, 4) is 0 Å². The fourth-order valence-electron chi connectivity index (χ4n) is 3.82. The summed E-state index contributed by atoms with van der Waals surface area (Å²) in [5.74, 6) is -0.104. The van der Waals surface area contributed by atoms with Gasteiger partial charge in [-0.2, -0.15) is 14.7 Å². The third-order valence-electron chi connectivity index (χ3n) is 5.86. The van der Waals surface area contributed by atoms with Gasteiger partial charge < -0.3 is 4.90 Å². The summed E-state index contributed by atoms with van der Waals surface area (Å²) >= 11 is 0. The van der Waals surface area contributed by atoms with E-state index in [0.717, 1.165) is 19.3 Å². The van der Waals surface area contributed by atoms with Gasteiger partial charge in [-0.05, 0) is 12.8 Å². The predicted molar refractivity (Wildman–Crippen MR) is 130 cm³/mol. The van der Waals surface area contributed by atoms with Gasteiger partial charge in [0.25, 0.3) is 0 Å². The van der Waals surface area contributed by atoms with Gasteiger partial charge in [-0.15, -0.1) is 0 Å². The fourth-order valence-corrected chi connectivity index (χ4v) is 4.40. The van der Waals surface area contributed by atoms with Crippen molar-refractivity contribution in [2.45, 2.75) is 129 Å². The van der Waals surface area contributed by atoms with Crippen LogP contribution in [-0.4, -0.2) is 50.5 Å². The topological polar surface area (TPSA) is 98.1 Å². The summed E-state index contributed by atoms with van der Waals surface area (Å²) in [6.45, 7) is 4.52. The third-order valence-corrected chi connectivity index (χ3v) is 7.03. The van der Waals surface area contributed by atoms with Gasteiger partial charge in [0.1, 0.15) is 0 Å². The molecule has 0 aliphatic heterocycles. The molecule has 0 aromatic heterocycles. The Kier molecular flexibility index (Phi) is 19.7. The summed E-state index contributed by atoms with van der Waals surface area (Å²) in [7, 11) is -4.28. The van der Waals surface area contributed by atoms with E-state index in [2.05, 4.69) is 6.92 Å². The van der Waals surface area contributed by atoms with E-state index < -0.39 is 13.6 Å². The fraction of sp³-hybridized carbons (Fsp3) is 0.917. The molecule has 0 aliphatic rings. The standard InChI is InChI=1S/C24H49NO5P/c1-3-5-6-7-8-9-10-11-12-13-14-15-16-17-18-20-25(24(27)19-4-2)21-23(22-26)31(28,29)30/h22-23,28-30H,3-21H2,1-2H3/q+1. The van der Waals surface area contributed by atoms with Crippen molar-refractivity contribution in [1.29, 1.82) is 0 Å². The number of amides is 1. The van der Waals surface area contributed by atoms with Crippen molar-refractivity contribution >= 4 is 20.1 Å². The van der Waals surface area contributed by atoms with E-state index >= 15 is 0 Å². The summed E-state index contributed by atoms with van der Waals surface area (Å²) in [5, 5.41) is 0. The molecule has 1 amide bonds. The van der Waals surface area contributed by atoms with Crippen LogP contribution in [0.1, 0.15) is 123 Å². The highest BCUT2D eigenvalue weighted by atomic mass is 31.2. The molecule has 0 heterocycles. The van der Waals surface area contributed by atoms with E-state index in [1.54, 1.807) is 0 Å². The zero-order valence-electron chi connectivity index (χ0n) is 20.1. The van der Waals surface area contributed by atoms with Crippen LogP contribution in [0.15, 0.2) is 0 Å². The zero-order chi connectivity index (χ0) is 23.4. The maximum atomic E-state index is 12.3. The van der Waals surface area contributed by atoms with Crippen LogP contribution >= 0.6 is 7.94 Å². The van der Waals surface area contributed by atoms with Crippen LogP contribution in [0.2, 0.25) is 0 Å². The third kappa shape index (κ3) is 17.7. The van der Waals surface area contributed by atoms with Gasteiger partial charge in [0.15, 0.2) is 6.29 Å². The van der Waals surface area contributed by atoms with Gasteiger partial charge in [-0.1, -0.05) is 104 Å². The molecule has 0 saturated heterocycles. The average molecular weight is 463 g/mol. The number of rotatable bonds is 22. The van der Waals surface area contributed by atoms with Gasteiger partial charge in [0.05, 0.1) is 6.54 Å². The van der Waals surface area contributed by atoms with Crippen molar-refractivity contribution in [2.24, 2.45) is 0 Å². The van der Waals surface area contributed by atoms with Gasteiger partial charge in [0.2, 0.25) is 11.6 Å². The number of carbonyl (C=O) groups is 2. The Hall–Kier alpha value is -0.550. The molecule has 0 aromatic carbocycles. The van der Waals surface area contributed by atoms with Crippen molar-refractivity contribution in [2.75, 3.05) is 13.1 Å². The Morgan fingerprint density at radius 3 is 1.52 bits per heavy atom. The van der Waals surface area contributed by atoms with E-state index in [0.29, 0.717) is 25.7 Å². The van der Waals surface area contributed by atoms with Crippen molar-refractivity contribution in [3.63, 3.8) is 0 Å². The van der Waals surface area contributed by atoms with Crippen LogP contribution in [0.5, 0.6) is 0 Å². The molecule has 3 N–H and O–H groups in total. The van der Waals surface area contributed by atoms with E-state index in [1.807, 2.05) is 6.92 Å². The summed E-state index contributed by atoms with van der Waals surface area (Å²) in [6, 6.07) is 0. The lowest BCUT2D eigenvalue weighted by molar-refractivity contribution is -0.131. The van der Waals surface area contributed by atoms with Gasteiger partial charge >= 0.3 is 7.94 Å². The number of unbranched alkanes of at least 4 members (excludes halogenated alkanes) is 14. The molecule has 0 aromatic rings. The largest absolute Gasteiger partial charge is 0.416 e. The number of carbonyl (C=O) groups excluding carboxylic acids is 2. The highest BCUT2D eigenvalue weighted by molar-refractivity contribution is 7.60. The molecule has 0 rings (SSSR count). The Bertz CT molecular complexity index is 442. The quantitative estimate of drug-likeness (QED) is 0.107. The first-order valence-electron chi connectivity index (χ1n) is 12.7. The number of nitrogens with zero attached hydrogens (tertiary/aromatic N) is 1. The molecule has 7 heteroatoms. The zero-order valence-corrected chi connectivity index (χ0v) is 21.0. The van der Waals surface area contributed by atoms with Crippen molar-refractivity contribution in [1.82, 2.24) is 4.90 Å². The second-order valence-corrected chi connectivity index (χ2v) is 10.8. The Morgan fingerprint density at radius 2 is 1.16 bits per heavy atom. The second kappa shape index (κ2) is 20.1. The van der Waals surface area contributed by atoms with Crippen LogP contribution in [0.4, 0.5) is 0 Å². The van der Waals surface area contributed by atoms with Crippen LogP contribution in [0.25, 0.3) is 0 Å². The predicted octanol–water partition coefficient (Wildman–Crippen LogP) is 5.79. The molecule has 0 spiro atoms. The van der Waals surface area contributed by atoms with Crippen LogP contribution in [0.3, 0.4) is 0 Å². The van der Waals surface area contributed by atoms with E-state index in [4.69, 9.17) is 0 Å². The highest BCUT2D eigenvalue weighted by Crippen LogP contribution is 2.49. The van der Waals surface area contributed by atoms with Gasteiger partial charge in [-0.3, -0.25) is 9.59 Å². The minimum Gasteiger partial charge on any atom is -0.338 e. The molecule has 0 aliphatic carbocycles. The monoisotopic (exact) mass is 462 g/mol. The molecule has 1 unspecified atom stereocenters. The maximum Gasteiger partial charge on any atom is 0.416 e. The van der Waals surface area contributed by atoms with Gasteiger partial charge in [0, 0.05) is 13.0 Å². The summed E-state index contributed by atoms with van der Waals surface area (Å²) in [5.41, 5.74) is -1.32. The van der Waals surface area contributed by atoms with Crippen molar-refractivity contribution in [3.05, 3.63) is 0 Å². The van der Waals surface area contributed by atoms with Gasteiger partial charge in [-0.25, -0.2) is 0 Å². The molecular weight excluding hydrogens is 413 g/mol. The normalized spacial score (nSPS) is 12.7. The lowest BCUT2D eigenvalue weighted by Gasteiger charge is -2.25. The summed E-state index contributed by atoms with van der Waals surface area (Å²) < 4.78 is 0. The first-order valence-corrected chi connectivity index (χ1v) is 14.4. The molecule has 0 fully saturated rings. The molecule has 6 nitrogen and oxygen atoms in total. The number of aldehydes is 1.